The Morgan fingerprint density at radius 1 is 1.10 bits per heavy atom. The molecule has 4 rings (SSSR count). The molecule has 1 saturated heterocycles. The van der Waals surface area contributed by atoms with Crippen LogP contribution in [0.25, 0.3) is 0 Å². The number of aromatic nitrogens is 2. The SMILES string of the molecule is O=C(NCc1cccc(F)c1)C1CCN(c2cnn(Cc3ccccc3)c(=O)c2)C1. The molecule has 1 aromatic heterocycles. The maximum atomic E-state index is 13.3. The van der Waals surface area contributed by atoms with E-state index in [0.29, 0.717) is 32.6 Å². The minimum Gasteiger partial charge on any atom is -0.369 e. The zero-order chi connectivity index (χ0) is 20.9. The molecule has 1 aliphatic rings. The highest BCUT2D eigenvalue weighted by Crippen LogP contribution is 2.22. The Labute approximate surface area is 174 Å². The molecule has 30 heavy (non-hydrogen) atoms. The maximum absolute atomic E-state index is 13.3. The molecule has 2 heterocycles. The van der Waals surface area contributed by atoms with Crippen LogP contribution < -0.4 is 15.8 Å². The fraction of sp³-hybridized carbons (Fsp3) is 0.261. The van der Waals surface area contributed by atoms with Gasteiger partial charge in [0.1, 0.15) is 5.82 Å². The molecule has 2 aromatic carbocycles. The first-order valence-electron chi connectivity index (χ1n) is 9.97. The van der Waals surface area contributed by atoms with E-state index in [4.69, 9.17) is 0 Å². The van der Waals surface area contributed by atoms with Crippen LogP contribution in [0.3, 0.4) is 0 Å². The minimum absolute atomic E-state index is 0.0628. The number of amides is 1. The average molecular weight is 406 g/mol. The summed E-state index contributed by atoms with van der Waals surface area (Å²) in [5, 5.41) is 7.17. The Kier molecular flexibility index (Phi) is 5.88. The predicted molar refractivity (Wildman–Crippen MR) is 113 cm³/mol. The fourth-order valence-electron chi connectivity index (χ4n) is 3.66. The monoisotopic (exact) mass is 406 g/mol. The van der Waals surface area contributed by atoms with Gasteiger partial charge in [-0.1, -0.05) is 42.5 Å². The summed E-state index contributed by atoms with van der Waals surface area (Å²) < 4.78 is 14.7. The third-order valence-corrected chi connectivity index (χ3v) is 5.31. The van der Waals surface area contributed by atoms with E-state index in [0.717, 1.165) is 16.8 Å². The summed E-state index contributed by atoms with van der Waals surface area (Å²) in [7, 11) is 0. The number of halogens is 1. The Morgan fingerprint density at radius 3 is 2.67 bits per heavy atom. The highest BCUT2D eigenvalue weighted by atomic mass is 19.1. The number of hydrogen-bond acceptors (Lipinski definition) is 4. The van der Waals surface area contributed by atoms with Crippen molar-refractivity contribution in [3.63, 3.8) is 0 Å². The molecule has 1 atom stereocenters. The zero-order valence-electron chi connectivity index (χ0n) is 16.5. The van der Waals surface area contributed by atoms with Crippen LogP contribution in [-0.2, 0) is 17.9 Å². The van der Waals surface area contributed by atoms with Gasteiger partial charge >= 0.3 is 0 Å². The minimum atomic E-state index is -0.316. The Bertz CT molecular complexity index is 1080. The van der Waals surface area contributed by atoms with E-state index in [-0.39, 0.29) is 23.2 Å². The molecule has 1 amide bonds. The van der Waals surface area contributed by atoms with Gasteiger partial charge in [-0.2, -0.15) is 5.10 Å². The summed E-state index contributed by atoms with van der Waals surface area (Å²) in [6.07, 6.45) is 2.37. The fourth-order valence-corrected chi connectivity index (χ4v) is 3.66. The Balaban J connectivity index is 1.35. The first kappa shape index (κ1) is 19.8. The van der Waals surface area contributed by atoms with Crippen LogP contribution in [0.2, 0.25) is 0 Å². The Morgan fingerprint density at radius 2 is 1.90 bits per heavy atom. The van der Waals surface area contributed by atoms with E-state index < -0.39 is 0 Å². The van der Waals surface area contributed by atoms with E-state index in [2.05, 4.69) is 10.4 Å². The van der Waals surface area contributed by atoms with Crippen LogP contribution in [0.1, 0.15) is 17.5 Å². The topological polar surface area (TPSA) is 67.2 Å². The van der Waals surface area contributed by atoms with Gasteiger partial charge in [-0.3, -0.25) is 9.59 Å². The third-order valence-electron chi connectivity index (χ3n) is 5.31. The molecular formula is C23H23FN4O2. The van der Waals surface area contributed by atoms with Gasteiger partial charge in [0.05, 0.1) is 24.3 Å². The number of carbonyl (C=O) groups is 1. The van der Waals surface area contributed by atoms with Crippen LogP contribution in [-0.4, -0.2) is 28.8 Å². The molecule has 0 spiro atoms. The number of nitrogens with zero attached hydrogens (tertiary/aromatic N) is 3. The van der Waals surface area contributed by atoms with Gasteiger partial charge in [0.2, 0.25) is 5.91 Å². The second kappa shape index (κ2) is 8.90. The summed E-state index contributed by atoms with van der Waals surface area (Å²) in [5.74, 6) is -0.555. The van der Waals surface area contributed by atoms with Crippen LogP contribution >= 0.6 is 0 Å². The summed E-state index contributed by atoms with van der Waals surface area (Å²) in [5.41, 5.74) is 2.29. The van der Waals surface area contributed by atoms with Gasteiger partial charge in [-0.15, -0.1) is 0 Å². The number of benzene rings is 2. The lowest BCUT2D eigenvalue weighted by atomic mass is 10.1. The van der Waals surface area contributed by atoms with E-state index in [1.54, 1.807) is 24.4 Å². The molecular weight excluding hydrogens is 383 g/mol. The van der Waals surface area contributed by atoms with Crippen molar-refractivity contribution in [1.82, 2.24) is 15.1 Å². The number of anilines is 1. The highest BCUT2D eigenvalue weighted by molar-refractivity contribution is 5.80. The molecule has 6 nitrogen and oxygen atoms in total. The van der Waals surface area contributed by atoms with E-state index >= 15 is 0 Å². The summed E-state index contributed by atoms with van der Waals surface area (Å²) in [6.45, 7) is 1.93. The number of rotatable bonds is 6. The second-order valence-corrected chi connectivity index (χ2v) is 7.47. The summed E-state index contributed by atoms with van der Waals surface area (Å²) >= 11 is 0. The van der Waals surface area contributed by atoms with Crippen molar-refractivity contribution in [2.24, 2.45) is 5.92 Å². The molecule has 0 aliphatic carbocycles. The quantitative estimate of drug-likeness (QED) is 0.683. The number of hydrogen-bond donors (Lipinski definition) is 1. The van der Waals surface area contributed by atoms with Crippen LogP contribution in [0.4, 0.5) is 10.1 Å². The molecule has 154 valence electrons. The van der Waals surface area contributed by atoms with Crippen molar-refractivity contribution >= 4 is 11.6 Å². The lowest BCUT2D eigenvalue weighted by Gasteiger charge is -2.18. The van der Waals surface area contributed by atoms with Crippen LogP contribution in [0.5, 0.6) is 0 Å². The molecule has 0 saturated carbocycles. The van der Waals surface area contributed by atoms with Crippen molar-refractivity contribution in [2.45, 2.75) is 19.5 Å². The largest absolute Gasteiger partial charge is 0.369 e. The highest BCUT2D eigenvalue weighted by Gasteiger charge is 2.28. The van der Waals surface area contributed by atoms with Crippen molar-refractivity contribution in [1.29, 1.82) is 0 Å². The number of carbonyl (C=O) groups excluding carboxylic acids is 1. The van der Waals surface area contributed by atoms with Crippen LogP contribution in [0, 0.1) is 11.7 Å². The van der Waals surface area contributed by atoms with E-state index in [1.807, 2.05) is 35.2 Å². The van der Waals surface area contributed by atoms with Gasteiger partial charge in [-0.25, -0.2) is 9.07 Å². The molecule has 1 N–H and O–H groups in total. The molecule has 1 aliphatic heterocycles. The molecule has 0 radical (unpaired) electrons. The van der Waals surface area contributed by atoms with Gasteiger partial charge in [0, 0.05) is 25.7 Å². The maximum Gasteiger partial charge on any atom is 0.269 e. The lowest BCUT2D eigenvalue weighted by Crippen LogP contribution is -2.33. The molecule has 3 aromatic rings. The van der Waals surface area contributed by atoms with Gasteiger partial charge in [0.25, 0.3) is 5.56 Å². The predicted octanol–water partition coefficient (Wildman–Crippen LogP) is 2.57. The first-order valence-corrected chi connectivity index (χ1v) is 9.97. The van der Waals surface area contributed by atoms with E-state index in [9.17, 15) is 14.0 Å². The molecule has 7 heteroatoms. The third kappa shape index (κ3) is 4.74. The van der Waals surface area contributed by atoms with Crippen molar-refractivity contribution in [2.75, 3.05) is 18.0 Å². The molecule has 0 bridgehead atoms. The van der Waals surface area contributed by atoms with Crippen LogP contribution in [0.15, 0.2) is 71.7 Å². The second-order valence-electron chi connectivity index (χ2n) is 7.47. The van der Waals surface area contributed by atoms with Gasteiger partial charge in [-0.05, 0) is 29.7 Å². The zero-order valence-corrected chi connectivity index (χ0v) is 16.5. The standard InChI is InChI=1S/C23H23FN4O2/c24-20-8-4-7-18(11-20)13-25-23(30)19-9-10-27(16-19)21-12-22(29)28(26-14-21)15-17-5-2-1-3-6-17/h1-8,11-12,14,19H,9-10,13,15-16H2,(H,25,30). The lowest BCUT2D eigenvalue weighted by molar-refractivity contribution is -0.124. The first-order chi connectivity index (χ1) is 14.6. The Hall–Kier alpha value is -3.48. The van der Waals surface area contributed by atoms with Gasteiger partial charge in [0.15, 0.2) is 0 Å². The average Bonchev–Trinajstić information content (AvgIpc) is 3.25. The number of nitrogens with one attached hydrogen (secondary N) is 1. The van der Waals surface area contributed by atoms with Gasteiger partial charge < -0.3 is 10.2 Å². The summed E-state index contributed by atoms with van der Waals surface area (Å²) in [4.78, 5) is 27.0. The normalized spacial score (nSPS) is 15.9. The molecule has 1 fully saturated rings. The van der Waals surface area contributed by atoms with Crippen molar-refractivity contribution in [3.05, 3.63) is 94.2 Å². The summed E-state index contributed by atoms with van der Waals surface area (Å²) in [6, 6.07) is 17.5. The van der Waals surface area contributed by atoms with Crippen molar-refractivity contribution in [3.8, 4) is 0 Å². The van der Waals surface area contributed by atoms with E-state index in [1.165, 1.54) is 16.8 Å². The van der Waals surface area contributed by atoms with Crippen molar-refractivity contribution < 1.29 is 9.18 Å². The molecule has 1 unspecified atom stereocenters. The smallest absolute Gasteiger partial charge is 0.269 e.